The summed E-state index contributed by atoms with van der Waals surface area (Å²) in [5, 5.41) is 15.5. The van der Waals surface area contributed by atoms with Crippen molar-refractivity contribution in [2.75, 3.05) is 19.8 Å². The van der Waals surface area contributed by atoms with Gasteiger partial charge in [0.2, 0.25) is 5.17 Å². The van der Waals surface area contributed by atoms with Crippen LogP contribution in [0.25, 0.3) is 6.08 Å². The lowest BCUT2D eigenvalue weighted by atomic mass is 10.1. The molecule has 0 fully saturated rings. The average Bonchev–Trinajstić information content (AvgIpc) is 3.37. The zero-order valence-corrected chi connectivity index (χ0v) is 21.5. The predicted molar refractivity (Wildman–Crippen MR) is 148 cm³/mol. The minimum absolute atomic E-state index is 0.0388. The number of carbonyl (C=O) groups is 1. The quantitative estimate of drug-likeness (QED) is 0.292. The molecule has 1 N–H and O–H groups in total. The minimum Gasteiger partial charge on any atom is -0.493 e. The second kappa shape index (κ2) is 11.7. The molecule has 0 unspecified atom stereocenters. The SMILES string of the molecule is CCOc1cc(C=C2C(=N)N3N=C(c4cccnc4)SC3=NC2=O)ccc1OCCCOc1ccccc1. The van der Waals surface area contributed by atoms with E-state index in [4.69, 9.17) is 19.6 Å². The Morgan fingerprint density at radius 3 is 2.63 bits per heavy atom. The number of amidine groups is 2. The van der Waals surface area contributed by atoms with E-state index in [1.807, 2.05) is 49.4 Å². The van der Waals surface area contributed by atoms with Crippen molar-refractivity contribution in [3.63, 3.8) is 0 Å². The standard InChI is InChI=1S/C28H25N5O4S/c1-2-35-24-17-19(11-12-23(24)37-15-7-14-36-21-9-4-3-5-10-21)16-22-25(29)33-28(31-26(22)34)38-27(32-33)20-8-6-13-30-18-20/h3-6,8-13,16-18,29H,2,7,14-15H2,1H3. The number of nitrogens with one attached hydrogen (secondary N) is 1. The highest BCUT2D eigenvalue weighted by Crippen LogP contribution is 2.33. The number of ether oxygens (including phenoxy) is 3. The molecule has 0 spiro atoms. The second-order valence-corrected chi connectivity index (χ2v) is 9.13. The van der Waals surface area contributed by atoms with Gasteiger partial charge in [-0.1, -0.05) is 24.3 Å². The van der Waals surface area contributed by atoms with E-state index in [0.717, 1.165) is 11.3 Å². The minimum atomic E-state index is -0.493. The summed E-state index contributed by atoms with van der Waals surface area (Å²) in [6, 6.07) is 18.7. The van der Waals surface area contributed by atoms with Gasteiger partial charge in [0.25, 0.3) is 5.91 Å². The van der Waals surface area contributed by atoms with E-state index < -0.39 is 5.91 Å². The third-order valence-corrected chi connectivity index (χ3v) is 6.46. The molecule has 1 amide bonds. The molecule has 0 saturated carbocycles. The van der Waals surface area contributed by atoms with Gasteiger partial charge in [-0.05, 0) is 66.7 Å². The van der Waals surface area contributed by atoms with Gasteiger partial charge in [0.1, 0.15) is 10.8 Å². The number of aromatic nitrogens is 1. The highest BCUT2D eigenvalue weighted by Gasteiger charge is 2.36. The van der Waals surface area contributed by atoms with Crippen LogP contribution in [0.1, 0.15) is 24.5 Å². The molecule has 10 heteroatoms. The fourth-order valence-electron chi connectivity index (χ4n) is 3.71. The van der Waals surface area contributed by atoms with Gasteiger partial charge in [0, 0.05) is 24.4 Å². The number of hydrazone groups is 1. The summed E-state index contributed by atoms with van der Waals surface area (Å²) >= 11 is 1.24. The molecule has 9 nitrogen and oxygen atoms in total. The maximum Gasteiger partial charge on any atom is 0.283 e. The van der Waals surface area contributed by atoms with Crippen LogP contribution in [-0.4, -0.2) is 51.8 Å². The Labute approximate surface area is 224 Å². The molecule has 3 aromatic rings. The molecule has 1 aromatic heterocycles. The van der Waals surface area contributed by atoms with Crippen molar-refractivity contribution in [2.45, 2.75) is 13.3 Å². The maximum atomic E-state index is 12.8. The number of amides is 1. The predicted octanol–water partition coefficient (Wildman–Crippen LogP) is 5.00. The van der Waals surface area contributed by atoms with Gasteiger partial charge in [-0.15, -0.1) is 0 Å². The summed E-state index contributed by atoms with van der Waals surface area (Å²) in [5.41, 5.74) is 1.62. The van der Waals surface area contributed by atoms with Crippen molar-refractivity contribution in [2.24, 2.45) is 10.1 Å². The Hall–Kier alpha value is -4.44. The van der Waals surface area contributed by atoms with Crippen molar-refractivity contribution in [1.29, 1.82) is 5.41 Å². The van der Waals surface area contributed by atoms with Crippen LogP contribution < -0.4 is 14.2 Å². The largest absolute Gasteiger partial charge is 0.493 e. The zero-order valence-electron chi connectivity index (χ0n) is 20.7. The van der Waals surface area contributed by atoms with Crippen molar-refractivity contribution >= 4 is 39.8 Å². The van der Waals surface area contributed by atoms with Crippen LogP contribution in [0.4, 0.5) is 0 Å². The first-order chi connectivity index (χ1) is 18.6. The van der Waals surface area contributed by atoms with Gasteiger partial charge in [-0.3, -0.25) is 15.2 Å². The topological polar surface area (TPSA) is 109 Å². The Balaban J connectivity index is 1.27. The molecule has 38 heavy (non-hydrogen) atoms. The van der Waals surface area contributed by atoms with Gasteiger partial charge < -0.3 is 14.2 Å². The maximum absolute atomic E-state index is 12.8. The number of para-hydroxylation sites is 1. The highest BCUT2D eigenvalue weighted by atomic mass is 32.2. The van der Waals surface area contributed by atoms with Gasteiger partial charge >= 0.3 is 0 Å². The van der Waals surface area contributed by atoms with Gasteiger partial charge in [0.15, 0.2) is 17.3 Å². The Morgan fingerprint density at radius 2 is 1.84 bits per heavy atom. The summed E-state index contributed by atoms with van der Waals surface area (Å²) in [5.74, 6) is 1.45. The third-order valence-electron chi connectivity index (χ3n) is 5.50. The van der Waals surface area contributed by atoms with Gasteiger partial charge in [0.05, 0.1) is 25.4 Å². The molecule has 5 rings (SSSR count). The van der Waals surface area contributed by atoms with Crippen molar-refractivity contribution in [3.8, 4) is 17.2 Å². The first-order valence-electron chi connectivity index (χ1n) is 12.1. The number of aliphatic imine (C=N–C) groups is 1. The summed E-state index contributed by atoms with van der Waals surface area (Å²) in [7, 11) is 0. The number of pyridine rings is 1. The van der Waals surface area contributed by atoms with Crippen LogP contribution in [0.2, 0.25) is 0 Å². The molecule has 2 aliphatic rings. The fourth-order valence-corrected chi connectivity index (χ4v) is 4.60. The average molecular weight is 528 g/mol. The van der Waals surface area contributed by atoms with Crippen LogP contribution in [0.5, 0.6) is 17.2 Å². The molecule has 192 valence electrons. The smallest absolute Gasteiger partial charge is 0.283 e. The number of rotatable bonds is 10. The van der Waals surface area contributed by atoms with E-state index in [0.29, 0.717) is 53.5 Å². The first kappa shape index (κ1) is 25.2. The van der Waals surface area contributed by atoms with Crippen molar-refractivity contribution < 1.29 is 19.0 Å². The zero-order chi connectivity index (χ0) is 26.3. The lowest BCUT2D eigenvalue weighted by Gasteiger charge is -2.20. The number of thioether (sulfide) groups is 1. The summed E-state index contributed by atoms with van der Waals surface area (Å²) < 4.78 is 17.4. The van der Waals surface area contributed by atoms with Crippen LogP contribution in [0.15, 0.2) is 88.7 Å². The summed E-state index contributed by atoms with van der Waals surface area (Å²) in [6.07, 6.45) is 5.68. The van der Waals surface area contributed by atoms with Crippen molar-refractivity contribution in [3.05, 3.63) is 89.8 Å². The third kappa shape index (κ3) is 5.76. The number of hydrogen-bond donors (Lipinski definition) is 1. The molecule has 0 aliphatic carbocycles. The van der Waals surface area contributed by atoms with E-state index in [1.165, 1.54) is 16.8 Å². The number of benzene rings is 2. The Kier molecular flexibility index (Phi) is 7.79. The lowest BCUT2D eigenvalue weighted by molar-refractivity contribution is -0.114. The van der Waals surface area contributed by atoms with Crippen molar-refractivity contribution in [1.82, 2.24) is 9.99 Å². The first-order valence-corrected chi connectivity index (χ1v) is 12.9. The monoisotopic (exact) mass is 527 g/mol. The van der Waals surface area contributed by atoms with E-state index in [9.17, 15) is 4.79 Å². The summed E-state index contributed by atoms with van der Waals surface area (Å²) in [6.45, 7) is 3.33. The molecule has 0 radical (unpaired) electrons. The molecular formula is C28H25N5O4S. The molecule has 0 atom stereocenters. The van der Waals surface area contributed by atoms with Crippen LogP contribution in [0, 0.1) is 5.41 Å². The number of nitrogens with zero attached hydrogens (tertiary/aromatic N) is 4. The van der Waals surface area contributed by atoms with Crippen LogP contribution in [0.3, 0.4) is 0 Å². The highest BCUT2D eigenvalue weighted by molar-refractivity contribution is 8.27. The normalized spacial score (nSPS) is 15.7. The fraction of sp³-hybridized carbons (Fsp3) is 0.179. The Morgan fingerprint density at radius 1 is 1.00 bits per heavy atom. The molecule has 0 saturated heterocycles. The molecular weight excluding hydrogens is 502 g/mol. The molecule has 2 aromatic carbocycles. The lowest BCUT2D eigenvalue weighted by Crippen LogP contribution is -2.35. The van der Waals surface area contributed by atoms with E-state index in [-0.39, 0.29) is 11.4 Å². The number of hydrogen-bond acceptors (Lipinski definition) is 8. The van der Waals surface area contributed by atoms with Gasteiger partial charge in [-0.2, -0.15) is 15.1 Å². The molecule has 0 bridgehead atoms. The van der Waals surface area contributed by atoms with Gasteiger partial charge in [-0.25, -0.2) is 0 Å². The second-order valence-electron chi connectivity index (χ2n) is 8.17. The Bertz CT molecular complexity index is 1420. The van der Waals surface area contributed by atoms with E-state index >= 15 is 0 Å². The van der Waals surface area contributed by atoms with E-state index in [2.05, 4.69) is 15.1 Å². The molecule has 3 heterocycles. The van der Waals surface area contributed by atoms with E-state index in [1.54, 1.807) is 36.7 Å². The molecule has 2 aliphatic heterocycles. The number of carbonyl (C=O) groups excluding carboxylic acids is 1. The van der Waals surface area contributed by atoms with Crippen LogP contribution in [-0.2, 0) is 4.79 Å². The van der Waals surface area contributed by atoms with Crippen LogP contribution >= 0.6 is 11.8 Å². The summed E-state index contributed by atoms with van der Waals surface area (Å²) in [4.78, 5) is 21.1. The number of fused-ring (bicyclic) bond motifs is 1.